The summed E-state index contributed by atoms with van der Waals surface area (Å²) in [7, 11) is 0. The fraction of sp³-hybridized carbons (Fsp3) is 0.316. The van der Waals surface area contributed by atoms with Gasteiger partial charge in [-0.25, -0.2) is 0 Å². The van der Waals surface area contributed by atoms with Gasteiger partial charge in [-0.05, 0) is 96.4 Å². The van der Waals surface area contributed by atoms with Crippen LogP contribution in [0.2, 0.25) is 0 Å². The van der Waals surface area contributed by atoms with Crippen molar-refractivity contribution < 1.29 is 9.47 Å². The molecule has 0 amide bonds. The van der Waals surface area contributed by atoms with Gasteiger partial charge in [-0.15, -0.1) is 0 Å². The van der Waals surface area contributed by atoms with Gasteiger partial charge in [0.2, 0.25) is 0 Å². The fourth-order valence-electron chi connectivity index (χ4n) is 5.18. The highest BCUT2D eigenvalue weighted by Gasteiger charge is 2.17. The Labute approximate surface area is 252 Å². The average molecular weight is 563 g/mol. The van der Waals surface area contributed by atoms with E-state index in [2.05, 4.69) is 109 Å². The first kappa shape index (κ1) is 31.1. The monoisotopic (exact) mass is 562 g/mol. The smallest absolute Gasteiger partial charge is 0.119 e. The van der Waals surface area contributed by atoms with Crippen molar-refractivity contribution in [2.45, 2.75) is 51.4 Å². The quantitative estimate of drug-likeness (QED) is 0.0942. The number of hydrogen-bond donors (Lipinski definition) is 2. The van der Waals surface area contributed by atoms with E-state index in [9.17, 15) is 0 Å². The molecule has 4 heteroatoms. The van der Waals surface area contributed by atoms with E-state index in [0.29, 0.717) is 13.2 Å². The standard InChI is InChI=1S/C38H46N2O2/c39-25-11-1-3-13-27-41-35-23-15-21-33(29-35)37(31-17-7-5-8-18-31)38(32-19-9-6-10-20-32)34-22-16-24-36(30-34)42-28-14-4-2-12-26-40/h5-10,15-24,29-30H,1-4,11-14,25-28,39-40H2/b38-37+. The molecule has 0 aliphatic carbocycles. The first-order chi connectivity index (χ1) is 20.8. The van der Waals surface area contributed by atoms with Gasteiger partial charge < -0.3 is 20.9 Å². The predicted molar refractivity (Wildman–Crippen MR) is 177 cm³/mol. The molecule has 42 heavy (non-hydrogen) atoms. The zero-order chi connectivity index (χ0) is 29.2. The molecule has 220 valence electrons. The Balaban J connectivity index is 1.71. The molecule has 0 unspecified atom stereocenters. The van der Waals surface area contributed by atoms with Crippen LogP contribution in [0.15, 0.2) is 109 Å². The zero-order valence-corrected chi connectivity index (χ0v) is 24.8. The van der Waals surface area contributed by atoms with E-state index in [0.717, 1.165) is 109 Å². The molecular weight excluding hydrogens is 516 g/mol. The number of hydrogen-bond acceptors (Lipinski definition) is 4. The van der Waals surface area contributed by atoms with Crippen LogP contribution >= 0.6 is 0 Å². The molecule has 0 spiro atoms. The number of nitrogens with two attached hydrogens (primary N) is 2. The molecule has 4 aromatic rings. The molecule has 0 fully saturated rings. The minimum Gasteiger partial charge on any atom is -0.494 e. The highest BCUT2D eigenvalue weighted by molar-refractivity contribution is 6.04. The molecule has 0 saturated carbocycles. The second-order valence-electron chi connectivity index (χ2n) is 10.6. The van der Waals surface area contributed by atoms with Gasteiger partial charge in [0.1, 0.15) is 11.5 Å². The van der Waals surface area contributed by atoms with Gasteiger partial charge >= 0.3 is 0 Å². The van der Waals surface area contributed by atoms with Gasteiger partial charge in [-0.2, -0.15) is 0 Å². The number of ether oxygens (including phenoxy) is 2. The van der Waals surface area contributed by atoms with Gasteiger partial charge in [-0.1, -0.05) is 111 Å². The summed E-state index contributed by atoms with van der Waals surface area (Å²) in [4.78, 5) is 0. The van der Waals surface area contributed by atoms with Crippen molar-refractivity contribution in [3.05, 3.63) is 131 Å². The molecule has 0 bridgehead atoms. The highest BCUT2D eigenvalue weighted by atomic mass is 16.5. The molecule has 4 aromatic carbocycles. The molecule has 0 aromatic heterocycles. The highest BCUT2D eigenvalue weighted by Crippen LogP contribution is 2.38. The third-order valence-corrected chi connectivity index (χ3v) is 7.35. The molecule has 0 atom stereocenters. The molecule has 4 N–H and O–H groups in total. The van der Waals surface area contributed by atoms with Crippen molar-refractivity contribution >= 4 is 11.1 Å². The third kappa shape index (κ3) is 9.61. The summed E-state index contributed by atoms with van der Waals surface area (Å²) in [5, 5.41) is 0. The first-order valence-corrected chi connectivity index (χ1v) is 15.5. The van der Waals surface area contributed by atoms with Gasteiger partial charge in [0.25, 0.3) is 0 Å². The van der Waals surface area contributed by atoms with Crippen molar-refractivity contribution in [3.63, 3.8) is 0 Å². The van der Waals surface area contributed by atoms with Gasteiger partial charge in [0.15, 0.2) is 0 Å². The summed E-state index contributed by atoms with van der Waals surface area (Å²) in [6, 6.07) is 38.3. The van der Waals surface area contributed by atoms with Crippen LogP contribution in [0.3, 0.4) is 0 Å². The van der Waals surface area contributed by atoms with Crippen LogP contribution in [0.5, 0.6) is 11.5 Å². The predicted octanol–water partition coefficient (Wildman–Crippen LogP) is 8.49. The van der Waals surface area contributed by atoms with Crippen molar-refractivity contribution in [1.82, 2.24) is 0 Å². The fourth-order valence-corrected chi connectivity index (χ4v) is 5.18. The third-order valence-electron chi connectivity index (χ3n) is 7.35. The topological polar surface area (TPSA) is 70.5 Å². The molecule has 0 aliphatic rings. The van der Waals surface area contributed by atoms with Crippen molar-refractivity contribution in [3.8, 4) is 11.5 Å². The van der Waals surface area contributed by atoms with E-state index in [-0.39, 0.29) is 0 Å². The minimum atomic E-state index is 0.704. The summed E-state index contributed by atoms with van der Waals surface area (Å²) in [6.07, 6.45) is 8.78. The Bertz CT molecular complexity index is 1250. The van der Waals surface area contributed by atoms with Crippen LogP contribution in [0, 0.1) is 0 Å². The van der Waals surface area contributed by atoms with Crippen LogP contribution in [0.25, 0.3) is 11.1 Å². The van der Waals surface area contributed by atoms with E-state index in [1.807, 2.05) is 0 Å². The Hall–Kier alpha value is -3.86. The summed E-state index contributed by atoms with van der Waals surface area (Å²) in [6.45, 7) is 2.92. The van der Waals surface area contributed by atoms with Crippen LogP contribution in [-0.2, 0) is 0 Å². The van der Waals surface area contributed by atoms with Crippen molar-refractivity contribution in [1.29, 1.82) is 0 Å². The van der Waals surface area contributed by atoms with Gasteiger partial charge in [0.05, 0.1) is 13.2 Å². The molecule has 4 rings (SSSR count). The lowest BCUT2D eigenvalue weighted by atomic mass is 9.85. The lowest BCUT2D eigenvalue weighted by Crippen LogP contribution is -2.02. The lowest BCUT2D eigenvalue weighted by molar-refractivity contribution is 0.304. The molecular formula is C38H46N2O2. The van der Waals surface area contributed by atoms with Gasteiger partial charge in [0, 0.05) is 0 Å². The Morgan fingerprint density at radius 1 is 0.405 bits per heavy atom. The van der Waals surface area contributed by atoms with Crippen LogP contribution in [0.4, 0.5) is 0 Å². The van der Waals surface area contributed by atoms with Crippen LogP contribution in [0.1, 0.15) is 73.6 Å². The largest absolute Gasteiger partial charge is 0.494 e. The molecule has 0 radical (unpaired) electrons. The summed E-state index contributed by atoms with van der Waals surface area (Å²) < 4.78 is 12.4. The average Bonchev–Trinajstić information content (AvgIpc) is 3.04. The summed E-state index contributed by atoms with van der Waals surface area (Å²) >= 11 is 0. The maximum absolute atomic E-state index is 6.22. The Morgan fingerprint density at radius 2 is 0.786 bits per heavy atom. The maximum Gasteiger partial charge on any atom is 0.119 e. The lowest BCUT2D eigenvalue weighted by Gasteiger charge is -2.19. The zero-order valence-electron chi connectivity index (χ0n) is 24.8. The number of rotatable bonds is 18. The van der Waals surface area contributed by atoms with Gasteiger partial charge in [-0.3, -0.25) is 0 Å². The first-order valence-electron chi connectivity index (χ1n) is 15.5. The van der Waals surface area contributed by atoms with Crippen LogP contribution < -0.4 is 20.9 Å². The van der Waals surface area contributed by atoms with Crippen LogP contribution in [-0.4, -0.2) is 26.3 Å². The second-order valence-corrected chi connectivity index (χ2v) is 10.6. The summed E-state index contributed by atoms with van der Waals surface area (Å²) in [5.74, 6) is 1.78. The van der Waals surface area contributed by atoms with E-state index < -0.39 is 0 Å². The molecule has 4 nitrogen and oxygen atoms in total. The van der Waals surface area contributed by atoms with E-state index in [1.54, 1.807) is 0 Å². The Morgan fingerprint density at radius 3 is 1.19 bits per heavy atom. The van der Waals surface area contributed by atoms with Crippen molar-refractivity contribution in [2.24, 2.45) is 11.5 Å². The number of benzene rings is 4. The SMILES string of the molecule is NCCCCCCOc1cccc(/C(=C(\c2ccccc2)c2cccc(OCCCCCCN)c2)c2ccccc2)c1. The normalized spacial score (nSPS) is 11.7. The maximum atomic E-state index is 6.22. The van der Waals surface area contributed by atoms with E-state index in [1.165, 1.54) is 0 Å². The summed E-state index contributed by atoms with van der Waals surface area (Å²) in [5.41, 5.74) is 18.1. The minimum absolute atomic E-state index is 0.704. The van der Waals surface area contributed by atoms with E-state index in [4.69, 9.17) is 20.9 Å². The van der Waals surface area contributed by atoms with Crippen molar-refractivity contribution in [2.75, 3.05) is 26.3 Å². The molecule has 0 heterocycles. The Kier molecular flexibility index (Phi) is 13.2. The molecule has 0 aliphatic heterocycles. The number of unbranched alkanes of at least 4 members (excludes halogenated alkanes) is 6. The second kappa shape index (κ2) is 17.8. The molecule has 0 saturated heterocycles. The van der Waals surface area contributed by atoms with E-state index >= 15 is 0 Å².